The Balaban J connectivity index is 2.36. The van der Waals surface area contributed by atoms with Gasteiger partial charge >= 0.3 is 5.97 Å². The molecule has 0 aliphatic heterocycles. The first-order chi connectivity index (χ1) is 9.63. The molecule has 0 radical (unpaired) electrons. The first kappa shape index (κ1) is 16.2. The van der Waals surface area contributed by atoms with E-state index in [2.05, 4.69) is 20.4 Å². The Morgan fingerprint density at radius 3 is 2.70 bits per heavy atom. The number of carbonyl (C=O) groups excluding carboxylic acids is 1. The lowest BCUT2D eigenvalue weighted by atomic mass is 10.1. The summed E-state index contributed by atoms with van der Waals surface area (Å²) in [5.41, 5.74) is 1.43. The molecule has 0 heterocycles. The Morgan fingerprint density at radius 2 is 2.05 bits per heavy atom. The van der Waals surface area contributed by atoms with Crippen LogP contribution in [0.1, 0.15) is 38.7 Å². The molecule has 108 valence electrons. The van der Waals surface area contributed by atoms with E-state index in [0.717, 1.165) is 12.0 Å². The fourth-order valence-corrected chi connectivity index (χ4v) is 1.78. The van der Waals surface area contributed by atoms with Gasteiger partial charge in [-0.2, -0.15) is 0 Å². The molecule has 0 spiro atoms. The first-order valence-electron chi connectivity index (χ1n) is 7.22. The van der Waals surface area contributed by atoms with Gasteiger partial charge in [0.05, 0.1) is 12.2 Å². The SMILES string of the molecule is C=C(C=Cc1ccccc1)C(=O)OCC(C)CCCC. The molecule has 0 saturated heterocycles. The molecule has 2 nitrogen and oxygen atoms in total. The number of carbonyl (C=O) groups is 1. The molecular weight excluding hydrogens is 248 g/mol. The van der Waals surface area contributed by atoms with Crippen LogP contribution in [0.3, 0.4) is 0 Å². The van der Waals surface area contributed by atoms with Crippen LogP contribution in [0.2, 0.25) is 0 Å². The third-order valence-corrected chi connectivity index (χ3v) is 3.09. The number of esters is 1. The molecule has 2 heteroatoms. The molecule has 0 amide bonds. The second-order valence-electron chi connectivity index (χ2n) is 5.12. The van der Waals surface area contributed by atoms with Crippen molar-refractivity contribution >= 4 is 12.0 Å². The molecule has 0 aliphatic carbocycles. The number of rotatable bonds is 8. The van der Waals surface area contributed by atoms with Crippen molar-refractivity contribution < 1.29 is 9.53 Å². The van der Waals surface area contributed by atoms with Crippen LogP contribution in [0.15, 0.2) is 48.6 Å². The quantitative estimate of drug-likeness (QED) is 0.392. The third-order valence-electron chi connectivity index (χ3n) is 3.09. The van der Waals surface area contributed by atoms with Gasteiger partial charge in [-0.15, -0.1) is 0 Å². The van der Waals surface area contributed by atoms with E-state index in [1.807, 2.05) is 36.4 Å². The Bertz CT molecular complexity index is 446. The van der Waals surface area contributed by atoms with Crippen molar-refractivity contribution in [3.63, 3.8) is 0 Å². The highest BCUT2D eigenvalue weighted by Gasteiger charge is 2.08. The topological polar surface area (TPSA) is 26.3 Å². The lowest BCUT2D eigenvalue weighted by Gasteiger charge is -2.11. The van der Waals surface area contributed by atoms with Crippen LogP contribution in [0.5, 0.6) is 0 Å². The van der Waals surface area contributed by atoms with Crippen molar-refractivity contribution in [1.82, 2.24) is 0 Å². The van der Waals surface area contributed by atoms with Crippen LogP contribution in [-0.4, -0.2) is 12.6 Å². The lowest BCUT2D eigenvalue weighted by molar-refractivity contribution is -0.139. The zero-order chi connectivity index (χ0) is 14.8. The Kier molecular flexibility index (Phi) is 7.41. The van der Waals surface area contributed by atoms with Gasteiger partial charge in [0.1, 0.15) is 0 Å². The Labute approximate surface area is 122 Å². The van der Waals surface area contributed by atoms with Crippen LogP contribution in [0, 0.1) is 5.92 Å². The maximum absolute atomic E-state index is 11.8. The van der Waals surface area contributed by atoms with Crippen molar-refractivity contribution in [2.75, 3.05) is 6.61 Å². The van der Waals surface area contributed by atoms with Gasteiger partial charge in [0.25, 0.3) is 0 Å². The van der Waals surface area contributed by atoms with Crippen LogP contribution in [-0.2, 0) is 9.53 Å². The standard InChI is InChI=1S/C18H24O2/c1-4-5-9-15(2)14-20-18(19)16(3)12-13-17-10-7-6-8-11-17/h6-8,10-13,15H,3-5,9,14H2,1-2H3. The van der Waals surface area contributed by atoms with Crippen molar-refractivity contribution in [2.24, 2.45) is 5.92 Å². The highest BCUT2D eigenvalue weighted by molar-refractivity contribution is 5.92. The fourth-order valence-electron chi connectivity index (χ4n) is 1.78. The largest absolute Gasteiger partial charge is 0.462 e. The van der Waals surface area contributed by atoms with E-state index < -0.39 is 0 Å². The second-order valence-corrected chi connectivity index (χ2v) is 5.12. The fraction of sp³-hybridized carbons (Fsp3) is 0.389. The Hall–Kier alpha value is -1.83. The van der Waals surface area contributed by atoms with E-state index in [4.69, 9.17) is 4.74 Å². The van der Waals surface area contributed by atoms with Gasteiger partial charge in [-0.25, -0.2) is 4.79 Å². The molecule has 1 aromatic rings. The van der Waals surface area contributed by atoms with Gasteiger partial charge in [-0.1, -0.05) is 69.7 Å². The van der Waals surface area contributed by atoms with Crippen molar-refractivity contribution in [2.45, 2.75) is 33.1 Å². The summed E-state index contributed by atoms with van der Waals surface area (Å²) in [5.74, 6) is 0.0744. The molecule has 0 aliphatic rings. The molecule has 20 heavy (non-hydrogen) atoms. The minimum absolute atomic E-state index is 0.333. The number of ether oxygens (including phenoxy) is 1. The van der Waals surface area contributed by atoms with Gasteiger partial charge in [0.2, 0.25) is 0 Å². The van der Waals surface area contributed by atoms with E-state index in [9.17, 15) is 4.79 Å². The minimum Gasteiger partial charge on any atom is -0.462 e. The zero-order valence-electron chi connectivity index (χ0n) is 12.5. The molecule has 1 rings (SSSR count). The number of unbranched alkanes of at least 4 members (excludes halogenated alkanes) is 1. The average Bonchev–Trinajstić information content (AvgIpc) is 2.49. The molecular formula is C18H24O2. The molecule has 1 aromatic carbocycles. The van der Waals surface area contributed by atoms with E-state index in [-0.39, 0.29) is 5.97 Å². The molecule has 0 N–H and O–H groups in total. The van der Waals surface area contributed by atoms with Gasteiger partial charge in [0.15, 0.2) is 0 Å². The normalized spacial score (nSPS) is 12.3. The summed E-state index contributed by atoms with van der Waals surface area (Å²) in [6.45, 7) is 8.48. The molecule has 0 bridgehead atoms. The average molecular weight is 272 g/mol. The van der Waals surface area contributed by atoms with E-state index in [0.29, 0.717) is 18.1 Å². The summed E-state index contributed by atoms with van der Waals surface area (Å²) in [5, 5.41) is 0. The number of hydrogen-bond donors (Lipinski definition) is 0. The maximum atomic E-state index is 11.8. The van der Waals surface area contributed by atoms with Crippen LogP contribution in [0.25, 0.3) is 6.08 Å². The third kappa shape index (κ3) is 6.37. The molecule has 0 aromatic heterocycles. The van der Waals surface area contributed by atoms with Crippen LogP contribution >= 0.6 is 0 Å². The number of hydrogen-bond acceptors (Lipinski definition) is 2. The molecule has 1 atom stereocenters. The summed E-state index contributed by atoms with van der Waals surface area (Å²) in [6.07, 6.45) is 7.01. The lowest BCUT2D eigenvalue weighted by Crippen LogP contribution is -2.12. The van der Waals surface area contributed by atoms with Gasteiger partial charge in [0, 0.05) is 0 Å². The van der Waals surface area contributed by atoms with Crippen LogP contribution in [0.4, 0.5) is 0 Å². The summed E-state index contributed by atoms with van der Waals surface area (Å²) >= 11 is 0. The summed E-state index contributed by atoms with van der Waals surface area (Å²) < 4.78 is 5.26. The maximum Gasteiger partial charge on any atom is 0.337 e. The molecule has 1 unspecified atom stereocenters. The molecule has 0 saturated carbocycles. The summed E-state index contributed by atoms with van der Waals surface area (Å²) in [4.78, 5) is 11.8. The monoisotopic (exact) mass is 272 g/mol. The predicted molar refractivity (Wildman–Crippen MR) is 84.3 cm³/mol. The first-order valence-corrected chi connectivity index (χ1v) is 7.22. The predicted octanol–water partition coefficient (Wildman–Crippen LogP) is 4.63. The van der Waals surface area contributed by atoms with E-state index in [1.165, 1.54) is 12.8 Å². The van der Waals surface area contributed by atoms with Gasteiger partial charge in [-0.3, -0.25) is 0 Å². The zero-order valence-corrected chi connectivity index (χ0v) is 12.5. The number of benzene rings is 1. The van der Waals surface area contributed by atoms with Crippen molar-refractivity contribution in [3.8, 4) is 0 Å². The van der Waals surface area contributed by atoms with Crippen LogP contribution < -0.4 is 0 Å². The Morgan fingerprint density at radius 1 is 1.35 bits per heavy atom. The van der Waals surface area contributed by atoms with Gasteiger partial charge < -0.3 is 4.74 Å². The summed E-state index contributed by atoms with van der Waals surface area (Å²) in [7, 11) is 0. The van der Waals surface area contributed by atoms with Crippen molar-refractivity contribution in [1.29, 1.82) is 0 Å². The summed E-state index contributed by atoms with van der Waals surface area (Å²) in [6, 6.07) is 9.81. The second kappa shape index (κ2) is 9.13. The molecule has 0 fully saturated rings. The minimum atomic E-state index is -0.333. The smallest absolute Gasteiger partial charge is 0.337 e. The highest BCUT2D eigenvalue weighted by Crippen LogP contribution is 2.10. The van der Waals surface area contributed by atoms with Crippen molar-refractivity contribution in [3.05, 3.63) is 54.1 Å². The van der Waals surface area contributed by atoms with Gasteiger partial charge in [-0.05, 0) is 24.0 Å². The van der Waals surface area contributed by atoms with E-state index in [1.54, 1.807) is 6.08 Å². The highest BCUT2D eigenvalue weighted by atomic mass is 16.5. The van der Waals surface area contributed by atoms with E-state index >= 15 is 0 Å².